The van der Waals surface area contributed by atoms with Gasteiger partial charge in [-0.05, 0) is 63.4 Å². The number of carbonyl (C=O) groups excluding carboxylic acids is 3. The zero-order valence-electron chi connectivity index (χ0n) is 15.6. The number of hydrogen-bond acceptors (Lipinski definition) is 4. The molecule has 1 fully saturated rings. The molecule has 1 aromatic carbocycles. The number of anilines is 2. The number of amides is 3. The minimum atomic E-state index is -0.779. The molecule has 3 amide bonds. The SMILES string of the molecule is Cc1ccc(C(C)NC(=O)C(=O)Nc2cc(NC(=O)C3CC3)ccc2C)o1. The van der Waals surface area contributed by atoms with Crippen LogP contribution in [-0.4, -0.2) is 17.7 Å². The molecular formula is C20H23N3O4. The van der Waals surface area contributed by atoms with Gasteiger partial charge in [0.2, 0.25) is 5.91 Å². The van der Waals surface area contributed by atoms with Crippen molar-refractivity contribution in [3.05, 3.63) is 47.4 Å². The Kier molecular flexibility index (Phi) is 5.30. The van der Waals surface area contributed by atoms with Gasteiger partial charge in [-0.3, -0.25) is 14.4 Å². The molecule has 1 unspecified atom stereocenters. The third-order valence-electron chi connectivity index (χ3n) is 4.44. The Morgan fingerprint density at radius 3 is 2.41 bits per heavy atom. The van der Waals surface area contributed by atoms with E-state index >= 15 is 0 Å². The number of nitrogens with one attached hydrogen (secondary N) is 3. The molecule has 3 rings (SSSR count). The molecule has 1 aliphatic carbocycles. The molecule has 0 saturated heterocycles. The van der Waals surface area contributed by atoms with Gasteiger partial charge in [-0.25, -0.2) is 0 Å². The highest BCUT2D eigenvalue weighted by atomic mass is 16.3. The van der Waals surface area contributed by atoms with Gasteiger partial charge in [0.15, 0.2) is 0 Å². The molecule has 7 heteroatoms. The van der Waals surface area contributed by atoms with E-state index in [1.54, 1.807) is 37.3 Å². The van der Waals surface area contributed by atoms with Crippen molar-refractivity contribution in [2.75, 3.05) is 10.6 Å². The van der Waals surface area contributed by atoms with Crippen LogP contribution in [0.2, 0.25) is 0 Å². The third-order valence-corrected chi connectivity index (χ3v) is 4.44. The predicted molar refractivity (Wildman–Crippen MR) is 101 cm³/mol. The molecule has 2 aromatic rings. The van der Waals surface area contributed by atoms with Gasteiger partial charge in [-0.15, -0.1) is 0 Å². The van der Waals surface area contributed by atoms with Crippen LogP contribution in [-0.2, 0) is 14.4 Å². The zero-order valence-corrected chi connectivity index (χ0v) is 15.6. The topological polar surface area (TPSA) is 100 Å². The van der Waals surface area contributed by atoms with E-state index < -0.39 is 17.9 Å². The summed E-state index contributed by atoms with van der Waals surface area (Å²) in [5.41, 5.74) is 1.85. The van der Waals surface area contributed by atoms with E-state index in [0.717, 1.165) is 24.2 Å². The molecule has 1 atom stereocenters. The van der Waals surface area contributed by atoms with Gasteiger partial charge in [0.05, 0.1) is 6.04 Å². The first-order valence-electron chi connectivity index (χ1n) is 8.93. The van der Waals surface area contributed by atoms with Gasteiger partial charge in [-0.2, -0.15) is 0 Å². The van der Waals surface area contributed by atoms with Gasteiger partial charge in [-0.1, -0.05) is 6.07 Å². The van der Waals surface area contributed by atoms with Crippen molar-refractivity contribution in [1.82, 2.24) is 5.32 Å². The first-order valence-corrected chi connectivity index (χ1v) is 8.93. The Morgan fingerprint density at radius 2 is 1.78 bits per heavy atom. The van der Waals surface area contributed by atoms with Crippen molar-refractivity contribution in [3.8, 4) is 0 Å². The summed E-state index contributed by atoms with van der Waals surface area (Å²) in [4.78, 5) is 36.3. The first kappa shape index (κ1) is 18.7. The van der Waals surface area contributed by atoms with E-state index in [0.29, 0.717) is 17.1 Å². The predicted octanol–water partition coefficient (Wildman–Crippen LogP) is 3.06. The lowest BCUT2D eigenvalue weighted by Crippen LogP contribution is -2.37. The van der Waals surface area contributed by atoms with E-state index in [1.165, 1.54) is 0 Å². The molecule has 1 saturated carbocycles. The zero-order chi connectivity index (χ0) is 19.6. The smallest absolute Gasteiger partial charge is 0.313 e. The molecule has 7 nitrogen and oxygen atoms in total. The molecule has 0 aliphatic heterocycles. The second kappa shape index (κ2) is 7.65. The largest absolute Gasteiger partial charge is 0.464 e. The van der Waals surface area contributed by atoms with Crippen LogP contribution in [0.1, 0.15) is 42.9 Å². The third kappa shape index (κ3) is 4.75. The van der Waals surface area contributed by atoms with Crippen molar-refractivity contribution >= 4 is 29.1 Å². The molecule has 3 N–H and O–H groups in total. The Labute approximate surface area is 157 Å². The van der Waals surface area contributed by atoms with Crippen molar-refractivity contribution in [1.29, 1.82) is 0 Å². The summed E-state index contributed by atoms with van der Waals surface area (Å²) in [6.45, 7) is 5.36. The van der Waals surface area contributed by atoms with Crippen molar-refractivity contribution in [3.63, 3.8) is 0 Å². The van der Waals surface area contributed by atoms with Gasteiger partial charge < -0.3 is 20.4 Å². The van der Waals surface area contributed by atoms with Crippen LogP contribution in [0.5, 0.6) is 0 Å². The molecule has 0 bridgehead atoms. The molecular weight excluding hydrogens is 346 g/mol. The van der Waals surface area contributed by atoms with Gasteiger partial charge in [0.25, 0.3) is 0 Å². The Morgan fingerprint density at radius 1 is 1.04 bits per heavy atom. The highest BCUT2D eigenvalue weighted by Crippen LogP contribution is 2.30. The maximum atomic E-state index is 12.2. The van der Waals surface area contributed by atoms with Crippen LogP contribution >= 0.6 is 0 Å². The molecule has 27 heavy (non-hydrogen) atoms. The van der Waals surface area contributed by atoms with Crippen LogP contribution in [0.4, 0.5) is 11.4 Å². The molecule has 1 aromatic heterocycles. The average molecular weight is 369 g/mol. The fraction of sp³-hybridized carbons (Fsp3) is 0.350. The van der Waals surface area contributed by atoms with Crippen LogP contribution in [0.15, 0.2) is 34.7 Å². The van der Waals surface area contributed by atoms with Gasteiger partial charge in [0, 0.05) is 17.3 Å². The number of benzene rings is 1. The lowest BCUT2D eigenvalue weighted by Gasteiger charge is -2.13. The van der Waals surface area contributed by atoms with E-state index in [9.17, 15) is 14.4 Å². The Hall–Kier alpha value is -3.09. The monoisotopic (exact) mass is 369 g/mol. The molecule has 1 aliphatic rings. The fourth-order valence-corrected chi connectivity index (χ4v) is 2.62. The molecule has 0 radical (unpaired) electrons. The molecule has 0 spiro atoms. The van der Waals surface area contributed by atoms with Crippen LogP contribution < -0.4 is 16.0 Å². The molecule has 1 heterocycles. The quantitative estimate of drug-likeness (QED) is 0.705. The first-order chi connectivity index (χ1) is 12.8. The second-order valence-corrected chi connectivity index (χ2v) is 6.89. The standard InChI is InChI=1S/C20H23N3O4/c1-11-4-8-15(22-18(24)14-6-7-14)10-16(11)23-20(26)19(25)21-13(3)17-9-5-12(2)27-17/h4-5,8-10,13-14H,6-7H2,1-3H3,(H,21,25)(H,22,24)(H,23,26). The highest BCUT2D eigenvalue weighted by molar-refractivity contribution is 6.39. The summed E-state index contributed by atoms with van der Waals surface area (Å²) >= 11 is 0. The van der Waals surface area contributed by atoms with Gasteiger partial charge >= 0.3 is 11.8 Å². The fourth-order valence-electron chi connectivity index (χ4n) is 2.62. The minimum Gasteiger partial charge on any atom is -0.464 e. The summed E-state index contributed by atoms with van der Waals surface area (Å²) < 4.78 is 5.45. The van der Waals surface area contributed by atoms with Gasteiger partial charge in [0.1, 0.15) is 11.5 Å². The number of hydrogen-bond donors (Lipinski definition) is 3. The number of rotatable bonds is 5. The summed E-state index contributed by atoms with van der Waals surface area (Å²) in [5, 5.41) is 8.03. The summed E-state index contributed by atoms with van der Waals surface area (Å²) in [6.07, 6.45) is 1.82. The van der Waals surface area contributed by atoms with E-state index in [-0.39, 0.29) is 11.8 Å². The van der Waals surface area contributed by atoms with Crippen LogP contribution in [0.3, 0.4) is 0 Å². The van der Waals surface area contributed by atoms with Crippen LogP contribution in [0.25, 0.3) is 0 Å². The van der Waals surface area contributed by atoms with Crippen molar-refractivity contribution < 1.29 is 18.8 Å². The number of carbonyl (C=O) groups is 3. The van der Waals surface area contributed by atoms with E-state index in [1.807, 2.05) is 13.8 Å². The van der Waals surface area contributed by atoms with E-state index in [4.69, 9.17) is 4.42 Å². The highest BCUT2D eigenvalue weighted by Gasteiger charge is 2.29. The van der Waals surface area contributed by atoms with Crippen LogP contribution in [0, 0.1) is 19.8 Å². The number of aryl methyl sites for hydroxylation is 2. The normalized spacial score (nSPS) is 14.3. The maximum Gasteiger partial charge on any atom is 0.313 e. The summed E-state index contributed by atoms with van der Waals surface area (Å²) in [6, 6.07) is 8.33. The second-order valence-electron chi connectivity index (χ2n) is 6.89. The summed E-state index contributed by atoms with van der Waals surface area (Å²) in [7, 11) is 0. The lowest BCUT2D eigenvalue weighted by molar-refractivity contribution is -0.136. The van der Waals surface area contributed by atoms with Crippen molar-refractivity contribution in [2.45, 2.75) is 39.7 Å². The minimum absolute atomic E-state index is 0.0172. The van der Waals surface area contributed by atoms with Crippen molar-refractivity contribution in [2.24, 2.45) is 5.92 Å². The lowest BCUT2D eigenvalue weighted by atomic mass is 10.1. The Balaban J connectivity index is 1.62. The summed E-state index contributed by atoms with van der Waals surface area (Å²) in [5.74, 6) is -0.161. The maximum absolute atomic E-state index is 12.2. The average Bonchev–Trinajstić information content (AvgIpc) is 3.39. The van der Waals surface area contributed by atoms with E-state index in [2.05, 4.69) is 16.0 Å². The molecule has 142 valence electrons. The number of furan rings is 1. The Bertz CT molecular complexity index is 883.